The van der Waals surface area contributed by atoms with E-state index < -0.39 is 36.6 Å². The minimum atomic E-state index is -1.41. The van der Waals surface area contributed by atoms with E-state index >= 15 is 0 Å². The average molecular weight is 311 g/mol. The molecule has 1 heterocycles. The summed E-state index contributed by atoms with van der Waals surface area (Å²) in [6.45, 7) is 1.59. The van der Waals surface area contributed by atoms with Crippen molar-refractivity contribution in [1.29, 1.82) is 0 Å². The number of carbonyl (C=O) groups is 1. The summed E-state index contributed by atoms with van der Waals surface area (Å²) >= 11 is 0. The fourth-order valence-electron chi connectivity index (χ4n) is 2.34. The second kappa shape index (κ2) is 7.66. The molecule has 1 saturated heterocycles. The third kappa shape index (κ3) is 4.25. The summed E-state index contributed by atoms with van der Waals surface area (Å²) in [5.74, 6) is -0.433. The van der Waals surface area contributed by atoms with Crippen LogP contribution in [0.3, 0.4) is 0 Å². The molecule has 0 spiro atoms. The van der Waals surface area contributed by atoms with Crippen LogP contribution in [-0.2, 0) is 20.9 Å². The van der Waals surface area contributed by atoms with Crippen LogP contribution in [0.5, 0.6) is 0 Å². The number of nitrogens with one attached hydrogen (secondary N) is 1. The van der Waals surface area contributed by atoms with Crippen molar-refractivity contribution in [2.45, 2.75) is 44.2 Å². The Labute approximate surface area is 128 Å². The standard InChI is InChI=1S/C15H21NO6/c1-9(17)16-12-14(19)13(18)11(22-15(12)20)8-21-7-10-5-3-2-4-6-10/h2-6,11-15,18-20H,7-8H2,1H3,(H,16,17)/t11-,12-,13-,14-,15-/m1/s1. The Morgan fingerprint density at radius 2 is 1.91 bits per heavy atom. The van der Waals surface area contributed by atoms with Crippen LogP contribution in [-0.4, -0.2) is 58.5 Å². The second-order valence-electron chi connectivity index (χ2n) is 5.27. The van der Waals surface area contributed by atoms with Gasteiger partial charge in [0.05, 0.1) is 13.2 Å². The van der Waals surface area contributed by atoms with Crippen molar-refractivity contribution >= 4 is 5.91 Å². The Balaban J connectivity index is 1.86. The van der Waals surface area contributed by atoms with Crippen molar-refractivity contribution < 1.29 is 29.6 Å². The zero-order valence-corrected chi connectivity index (χ0v) is 12.3. The third-order valence-corrected chi connectivity index (χ3v) is 3.48. The Kier molecular flexibility index (Phi) is 5.87. The zero-order chi connectivity index (χ0) is 16.1. The Morgan fingerprint density at radius 1 is 1.23 bits per heavy atom. The van der Waals surface area contributed by atoms with Crippen LogP contribution in [0, 0.1) is 0 Å². The van der Waals surface area contributed by atoms with E-state index in [2.05, 4.69) is 5.32 Å². The van der Waals surface area contributed by atoms with Gasteiger partial charge in [-0.15, -0.1) is 0 Å². The van der Waals surface area contributed by atoms with Gasteiger partial charge in [-0.2, -0.15) is 0 Å². The number of aliphatic hydroxyl groups excluding tert-OH is 3. The van der Waals surface area contributed by atoms with Crippen molar-refractivity contribution in [3.8, 4) is 0 Å². The molecular weight excluding hydrogens is 290 g/mol. The molecule has 1 fully saturated rings. The van der Waals surface area contributed by atoms with Crippen LogP contribution in [0.25, 0.3) is 0 Å². The summed E-state index contributed by atoms with van der Waals surface area (Å²) in [4.78, 5) is 11.0. The first-order valence-corrected chi connectivity index (χ1v) is 7.07. The molecule has 0 aliphatic carbocycles. The van der Waals surface area contributed by atoms with Gasteiger partial charge in [0, 0.05) is 6.92 Å². The lowest BCUT2D eigenvalue weighted by Crippen LogP contribution is -2.64. The summed E-state index contributed by atoms with van der Waals surface area (Å²) in [6, 6.07) is 8.39. The van der Waals surface area contributed by atoms with Crippen LogP contribution in [0.4, 0.5) is 0 Å². The van der Waals surface area contributed by atoms with Crippen LogP contribution in [0.1, 0.15) is 12.5 Å². The molecule has 0 radical (unpaired) electrons. The first kappa shape index (κ1) is 16.9. The van der Waals surface area contributed by atoms with Crippen LogP contribution >= 0.6 is 0 Å². The van der Waals surface area contributed by atoms with E-state index in [-0.39, 0.29) is 6.61 Å². The van der Waals surface area contributed by atoms with E-state index in [1.165, 1.54) is 6.92 Å². The fourth-order valence-corrected chi connectivity index (χ4v) is 2.34. The molecule has 2 rings (SSSR count). The summed E-state index contributed by atoms with van der Waals surface area (Å²) in [5, 5.41) is 32.2. The summed E-state index contributed by atoms with van der Waals surface area (Å²) in [5.41, 5.74) is 0.963. The zero-order valence-electron chi connectivity index (χ0n) is 12.3. The predicted octanol–water partition coefficient (Wildman–Crippen LogP) is -0.853. The highest BCUT2D eigenvalue weighted by Gasteiger charge is 2.44. The number of ether oxygens (including phenoxy) is 2. The second-order valence-corrected chi connectivity index (χ2v) is 5.27. The minimum absolute atomic E-state index is 0.0109. The minimum Gasteiger partial charge on any atom is -0.388 e. The Bertz CT molecular complexity index is 482. The fraction of sp³-hybridized carbons (Fsp3) is 0.533. The van der Waals surface area contributed by atoms with Gasteiger partial charge in [-0.3, -0.25) is 4.79 Å². The van der Waals surface area contributed by atoms with Gasteiger partial charge >= 0.3 is 0 Å². The van der Waals surface area contributed by atoms with Crippen molar-refractivity contribution in [2.75, 3.05) is 6.61 Å². The molecule has 22 heavy (non-hydrogen) atoms. The molecule has 0 bridgehead atoms. The topological polar surface area (TPSA) is 108 Å². The molecular formula is C15H21NO6. The van der Waals surface area contributed by atoms with Crippen LogP contribution < -0.4 is 5.32 Å². The lowest BCUT2D eigenvalue weighted by molar-refractivity contribution is -0.257. The molecule has 7 nitrogen and oxygen atoms in total. The molecule has 0 saturated carbocycles. The number of hydrogen-bond acceptors (Lipinski definition) is 6. The third-order valence-electron chi connectivity index (χ3n) is 3.48. The molecule has 5 atom stereocenters. The predicted molar refractivity (Wildman–Crippen MR) is 76.6 cm³/mol. The maximum atomic E-state index is 11.0. The number of benzene rings is 1. The molecule has 1 aliphatic heterocycles. The van der Waals surface area contributed by atoms with Crippen LogP contribution in [0.15, 0.2) is 30.3 Å². The van der Waals surface area contributed by atoms with Crippen molar-refractivity contribution in [2.24, 2.45) is 0 Å². The molecule has 1 aromatic carbocycles. The van der Waals surface area contributed by atoms with E-state index in [1.54, 1.807) is 0 Å². The first-order valence-electron chi connectivity index (χ1n) is 7.07. The summed E-state index contributed by atoms with van der Waals surface area (Å²) in [7, 11) is 0. The quantitative estimate of drug-likeness (QED) is 0.564. The van der Waals surface area contributed by atoms with Gasteiger partial charge in [0.1, 0.15) is 24.4 Å². The van der Waals surface area contributed by atoms with Gasteiger partial charge in [-0.1, -0.05) is 30.3 Å². The van der Waals surface area contributed by atoms with Crippen molar-refractivity contribution in [3.05, 3.63) is 35.9 Å². The van der Waals surface area contributed by atoms with E-state index in [1.807, 2.05) is 30.3 Å². The maximum Gasteiger partial charge on any atom is 0.217 e. The van der Waals surface area contributed by atoms with Gasteiger partial charge in [0.2, 0.25) is 5.91 Å². The largest absolute Gasteiger partial charge is 0.388 e. The molecule has 0 aromatic heterocycles. The number of carbonyl (C=O) groups excluding carboxylic acids is 1. The molecule has 1 aromatic rings. The van der Waals surface area contributed by atoms with Gasteiger partial charge in [-0.05, 0) is 5.56 Å². The maximum absolute atomic E-state index is 11.0. The number of hydrogen-bond donors (Lipinski definition) is 4. The molecule has 1 aliphatic rings. The van der Waals surface area contributed by atoms with E-state index in [0.29, 0.717) is 6.61 Å². The molecule has 7 heteroatoms. The molecule has 122 valence electrons. The normalized spacial score (nSPS) is 31.7. The van der Waals surface area contributed by atoms with E-state index in [9.17, 15) is 20.1 Å². The molecule has 0 unspecified atom stereocenters. The average Bonchev–Trinajstić information content (AvgIpc) is 2.49. The van der Waals surface area contributed by atoms with Crippen LogP contribution in [0.2, 0.25) is 0 Å². The number of rotatable bonds is 5. The molecule has 1 amide bonds. The van der Waals surface area contributed by atoms with Gasteiger partial charge in [0.15, 0.2) is 6.29 Å². The van der Waals surface area contributed by atoms with Gasteiger partial charge in [0.25, 0.3) is 0 Å². The highest BCUT2D eigenvalue weighted by Crippen LogP contribution is 2.20. The lowest BCUT2D eigenvalue weighted by Gasteiger charge is -2.40. The number of aliphatic hydroxyl groups is 3. The van der Waals surface area contributed by atoms with E-state index in [0.717, 1.165) is 5.56 Å². The smallest absolute Gasteiger partial charge is 0.217 e. The molecule has 4 N–H and O–H groups in total. The summed E-state index contributed by atoms with van der Waals surface area (Å²) in [6.07, 6.45) is -4.89. The van der Waals surface area contributed by atoms with Gasteiger partial charge in [-0.25, -0.2) is 0 Å². The SMILES string of the molecule is CC(=O)N[C@@H]1[C@@H](O)[C@H](O)[C@@H](COCc2ccccc2)O[C@H]1O. The van der Waals surface area contributed by atoms with E-state index in [4.69, 9.17) is 9.47 Å². The number of amides is 1. The monoisotopic (exact) mass is 311 g/mol. The van der Waals surface area contributed by atoms with Gasteiger partial charge < -0.3 is 30.1 Å². The van der Waals surface area contributed by atoms with Crippen molar-refractivity contribution in [1.82, 2.24) is 5.32 Å². The Hall–Kier alpha value is -1.51. The highest BCUT2D eigenvalue weighted by molar-refractivity contribution is 5.73. The lowest BCUT2D eigenvalue weighted by atomic mass is 9.97. The summed E-state index contributed by atoms with van der Waals surface area (Å²) < 4.78 is 10.7. The first-order chi connectivity index (χ1) is 10.5. The Morgan fingerprint density at radius 3 is 2.55 bits per heavy atom. The highest BCUT2D eigenvalue weighted by atomic mass is 16.6. The van der Waals surface area contributed by atoms with Crippen molar-refractivity contribution in [3.63, 3.8) is 0 Å².